The number of methoxy groups -OCH3 is 1. The number of carbonyl (C=O) groups excluding carboxylic acids is 1. The molecule has 204 valence electrons. The molecule has 0 unspecified atom stereocenters. The van der Waals surface area contributed by atoms with E-state index in [2.05, 4.69) is 77.4 Å². The zero-order valence-corrected chi connectivity index (χ0v) is 22.9. The lowest BCUT2D eigenvalue weighted by Crippen LogP contribution is -2.39. The lowest BCUT2D eigenvalue weighted by atomic mass is 9.77. The Morgan fingerprint density at radius 3 is 1.93 bits per heavy atom. The van der Waals surface area contributed by atoms with Gasteiger partial charge in [0.2, 0.25) is 0 Å². The van der Waals surface area contributed by atoms with Crippen LogP contribution in [0.3, 0.4) is 0 Å². The molecule has 0 aliphatic carbocycles. The Kier molecular flexibility index (Phi) is 7.37. The lowest BCUT2D eigenvalue weighted by Gasteiger charge is -2.37. The molecule has 0 N–H and O–H groups in total. The Balaban J connectivity index is 1.38. The van der Waals surface area contributed by atoms with Crippen LogP contribution in [-0.4, -0.2) is 40.6 Å². The molecular formula is C35H31N3O3. The number of ether oxygens (including phenoxy) is 2. The van der Waals surface area contributed by atoms with Gasteiger partial charge in [0.05, 0.1) is 25.7 Å². The van der Waals surface area contributed by atoms with Gasteiger partial charge in [-0.05, 0) is 34.4 Å². The first-order valence-corrected chi connectivity index (χ1v) is 13.7. The molecule has 1 fully saturated rings. The number of hydrogen-bond acceptors (Lipinski definition) is 4. The summed E-state index contributed by atoms with van der Waals surface area (Å²) < 4.78 is 13.2. The van der Waals surface area contributed by atoms with Gasteiger partial charge in [-0.1, -0.05) is 103 Å². The summed E-state index contributed by atoms with van der Waals surface area (Å²) in [5.41, 5.74) is 4.31. The number of hydrogen-bond donors (Lipinski definition) is 0. The number of aromatic nitrogens is 2. The van der Waals surface area contributed by atoms with Gasteiger partial charge in [-0.25, -0.2) is 4.98 Å². The molecule has 1 amide bonds. The number of carbonyl (C=O) groups is 1. The highest BCUT2D eigenvalue weighted by atomic mass is 16.5. The minimum atomic E-state index is -0.675. The van der Waals surface area contributed by atoms with Crippen molar-refractivity contribution in [2.24, 2.45) is 0 Å². The quantitative estimate of drug-likeness (QED) is 0.175. The Morgan fingerprint density at radius 2 is 1.39 bits per heavy atom. The van der Waals surface area contributed by atoms with Crippen molar-refractivity contribution in [2.45, 2.75) is 12.1 Å². The monoisotopic (exact) mass is 541 g/mol. The molecule has 41 heavy (non-hydrogen) atoms. The highest BCUT2D eigenvalue weighted by Crippen LogP contribution is 2.40. The Labute approximate surface area is 240 Å². The zero-order valence-electron chi connectivity index (χ0n) is 22.9. The number of imidazole rings is 1. The fourth-order valence-corrected chi connectivity index (χ4v) is 5.51. The lowest BCUT2D eigenvalue weighted by molar-refractivity contribution is -0.136. The van der Waals surface area contributed by atoms with E-state index >= 15 is 0 Å². The number of rotatable bonds is 8. The molecule has 1 saturated heterocycles. The molecule has 0 bridgehead atoms. The van der Waals surface area contributed by atoms with Crippen molar-refractivity contribution in [1.82, 2.24) is 14.5 Å². The predicted octanol–water partition coefficient (Wildman–Crippen LogP) is 6.13. The van der Waals surface area contributed by atoms with Crippen molar-refractivity contribution < 1.29 is 14.3 Å². The second-order valence-corrected chi connectivity index (χ2v) is 9.95. The van der Waals surface area contributed by atoms with E-state index in [-0.39, 0.29) is 5.91 Å². The topological polar surface area (TPSA) is 56.6 Å². The summed E-state index contributed by atoms with van der Waals surface area (Å²) in [6, 6.07) is 39.0. The van der Waals surface area contributed by atoms with Crippen molar-refractivity contribution in [1.29, 1.82) is 0 Å². The van der Waals surface area contributed by atoms with Crippen molar-refractivity contribution in [3.8, 4) is 5.75 Å². The predicted molar refractivity (Wildman–Crippen MR) is 159 cm³/mol. The van der Waals surface area contributed by atoms with E-state index in [9.17, 15) is 4.79 Å². The van der Waals surface area contributed by atoms with Crippen LogP contribution in [0.1, 0.15) is 27.9 Å². The van der Waals surface area contributed by atoms with Crippen molar-refractivity contribution >= 4 is 12.0 Å². The summed E-state index contributed by atoms with van der Waals surface area (Å²) >= 11 is 0. The second-order valence-electron chi connectivity index (χ2n) is 9.95. The van der Waals surface area contributed by atoms with Gasteiger partial charge in [-0.2, -0.15) is 0 Å². The van der Waals surface area contributed by atoms with Crippen LogP contribution in [0.5, 0.6) is 5.75 Å². The molecule has 6 nitrogen and oxygen atoms in total. The van der Waals surface area contributed by atoms with E-state index in [1.807, 2.05) is 55.0 Å². The number of amides is 1. The molecule has 0 spiro atoms. The van der Waals surface area contributed by atoms with Gasteiger partial charge in [0.1, 0.15) is 17.9 Å². The third-order valence-corrected chi connectivity index (χ3v) is 7.49. The smallest absolute Gasteiger partial charge is 0.289 e. The minimum absolute atomic E-state index is 0.151. The van der Waals surface area contributed by atoms with Crippen LogP contribution in [0.4, 0.5) is 0 Å². The normalized spacial score (nSPS) is 14.6. The van der Waals surface area contributed by atoms with Crippen LogP contribution in [0, 0.1) is 0 Å². The first-order chi connectivity index (χ1) is 20.2. The maximum Gasteiger partial charge on any atom is 0.289 e. The SMILES string of the molecule is COc1ccc(CN2CCO/C(=C/c3cn(C(c4ccccc4)(c4ccccc4)c4ccccc4)cn3)C2=O)cc1. The van der Waals surface area contributed by atoms with E-state index < -0.39 is 5.54 Å². The average Bonchev–Trinajstić information content (AvgIpc) is 3.50. The number of nitrogens with zero attached hydrogens (tertiary/aromatic N) is 3. The van der Waals surface area contributed by atoms with Crippen molar-refractivity contribution in [3.05, 3.63) is 161 Å². The number of morpholine rings is 1. The highest BCUT2D eigenvalue weighted by Gasteiger charge is 2.38. The van der Waals surface area contributed by atoms with E-state index in [1.54, 1.807) is 18.1 Å². The van der Waals surface area contributed by atoms with Gasteiger partial charge < -0.3 is 18.9 Å². The fourth-order valence-electron chi connectivity index (χ4n) is 5.51. The number of benzene rings is 4. The fraction of sp³-hybridized carbons (Fsp3) is 0.143. The second kappa shape index (κ2) is 11.6. The first-order valence-electron chi connectivity index (χ1n) is 13.7. The Bertz CT molecular complexity index is 1530. The molecule has 0 saturated carbocycles. The van der Waals surface area contributed by atoms with Gasteiger partial charge in [0.25, 0.3) is 5.91 Å². The molecule has 5 aromatic rings. The van der Waals surface area contributed by atoms with E-state index in [0.717, 1.165) is 28.0 Å². The Hall–Kier alpha value is -5.10. The third-order valence-electron chi connectivity index (χ3n) is 7.49. The van der Waals surface area contributed by atoms with Gasteiger partial charge in [-0.15, -0.1) is 0 Å². The maximum absolute atomic E-state index is 13.4. The summed E-state index contributed by atoms with van der Waals surface area (Å²) in [7, 11) is 1.64. The summed E-state index contributed by atoms with van der Waals surface area (Å²) in [5.74, 6) is 0.928. The molecule has 6 rings (SSSR count). The summed E-state index contributed by atoms with van der Waals surface area (Å²) in [4.78, 5) is 19.9. The van der Waals surface area contributed by atoms with Gasteiger partial charge in [0, 0.05) is 18.8 Å². The van der Waals surface area contributed by atoms with Gasteiger partial charge >= 0.3 is 0 Å². The largest absolute Gasteiger partial charge is 0.497 e. The molecule has 1 aromatic heterocycles. The van der Waals surface area contributed by atoms with Crippen LogP contribution in [0.15, 0.2) is 134 Å². The Morgan fingerprint density at radius 1 is 0.829 bits per heavy atom. The molecule has 1 aliphatic rings. The van der Waals surface area contributed by atoms with Gasteiger partial charge in [0.15, 0.2) is 5.76 Å². The summed E-state index contributed by atoms with van der Waals surface area (Å²) in [5, 5.41) is 0. The van der Waals surface area contributed by atoms with Crippen LogP contribution in [0.25, 0.3) is 6.08 Å². The first kappa shape index (κ1) is 26.1. The molecule has 4 aromatic carbocycles. The van der Waals surface area contributed by atoms with Crippen molar-refractivity contribution in [2.75, 3.05) is 20.3 Å². The average molecular weight is 542 g/mol. The minimum Gasteiger partial charge on any atom is -0.497 e. The summed E-state index contributed by atoms with van der Waals surface area (Å²) in [6.07, 6.45) is 5.56. The summed E-state index contributed by atoms with van der Waals surface area (Å²) in [6.45, 7) is 1.45. The maximum atomic E-state index is 13.4. The zero-order chi connectivity index (χ0) is 28.1. The molecule has 2 heterocycles. The van der Waals surface area contributed by atoms with E-state index in [1.165, 1.54) is 0 Å². The van der Waals surface area contributed by atoms with Crippen LogP contribution in [0.2, 0.25) is 0 Å². The third kappa shape index (κ3) is 5.12. The van der Waals surface area contributed by atoms with Crippen LogP contribution >= 0.6 is 0 Å². The standard InChI is InChI=1S/C35H31N3O3/c1-40-32-19-17-27(18-20-32)24-37-21-22-41-33(34(37)39)23-31-25-38(26-36-31)35(28-11-5-2-6-12-28,29-13-7-3-8-14-29)30-15-9-4-10-16-30/h2-20,23,25-26H,21-22,24H2,1H3/b33-23+. The van der Waals surface area contributed by atoms with Gasteiger partial charge in [-0.3, -0.25) is 4.79 Å². The molecule has 0 radical (unpaired) electrons. The van der Waals surface area contributed by atoms with Crippen molar-refractivity contribution in [3.63, 3.8) is 0 Å². The molecular weight excluding hydrogens is 510 g/mol. The molecule has 0 atom stereocenters. The van der Waals surface area contributed by atoms with Crippen LogP contribution < -0.4 is 4.74 Å². The van der Waals surface area contributed by atoms with E-state index in [4.69, 9.17) is 14.5 Å². The molecule has 1 aliphatic heterocycles. The van der Waals surface area contributed by atoms with Crippen LogP contribution in [-0.2, 0) is 21.6 Å². The highest BCUT2D eigenvalue weighted by molar-refractivity contribution is 5.96. The van der Waals surface area contributed by atoms with E-state index in [0.29, 0.717) is 31.1 Å². The molecule has 6 heteroatoms.